The zero-order valence-electron chi connectivity index (χ0n) is 13.4. The van der Waals surface area contributed by atoms with Gasteiger partial charge in [0.25, 0.3) is 10.0 Å². The molecule has 0 fully saturated rings. The molecular weight excluding hydrogens is 376 g/mol. The Hall–Kier alpha value is -2.77. The van der Waals surface area contributed by atoms with E-state index in [1.165, 1.54) is 25.1 Å². The highest BCUT2D eigenvalue weighted by Gasteiger charge is 2.37. The first-order valence-corrected chi connectivity index (χ1v) is 9.44. The van der Waals surface area contributed by atoms with Gasteiger partial charge in [-0.1, -0.05) is 48.0 Å². The normalized spacial score (nSPS) is 13.5. The van der Waals surface area contributed by atoms with Gasteiger partial charge in [0.05, 0.1) is 16.3 Å². The molecule has 3 aromatic rings. The quantitative estimate of drug-likeness (QED) is 0.631. The van der Waals surface area contributed by atoms with Crippen LogP contribution in [-0.2, 0) is 10.0 Å². The maximum atomic E-state index is 13.0. The van der Waals surface area contributed by atoms with E-state index < -0.39 is 21.6 Å². The minimum atomic E-state index is -4.13. The molecule has 1 aliphatic carbocycles. The highest BCUT2D eigenvalue weighted by atomic mass is 35.5. The number of Topliss-reactive ketones (excluding diaryl/α,β-unsaturated/α-hetero) is 2. The van der Waals surface area contributed by atoms with E-state index in [1.54, 1.807) is 30.3 Å². The van der Waals surface area contributed by atoms with E-state index in [2.05, 4.69) is 5.10 Å². The van der Waals surface area contributed by atoms with Gasteiger partial charge < -0.3 is 0 Å². The summed E-state index contributed by atoms with van der Waals surface area (Å²) in [5.74, 6) is -1.44. The van der Waals surface area contributed by atoms with Crippen LogP contribution in [0.3, 0.4) is 0 Å². The van der Waals surface area contributed by atoms with Gasteiger partial charge in [-0.15, -0.1) is 0 Å². The van der Waals surface area contributed by atoms with Gasteiger partial charge in [-0.2, -0.15) is 17.6 Å². The van der Waals surface area contributed by atoms with E-state index in [0.29, 0.717) is 5.56 Å². The van der Waals surface area contributed by atoms with Crippen LogP contribution in [-0.4, -0.2) is 29.2 Å². The number of carbonyl (C=O) groups is 2. The Balaban J connectivity index is 2.02. The smallest absolute Gasteiger partial charge is 0.284 e. The lowest BCUT2D eigenvalue weighted by molar-refractivity contribution is 0.0815. The van der Waals surface area contributed by atoms with Gasteiger partial charge in [0, 0.05) is 11.1 Å². The molecule has 0 saturated carbocycles. The van der Waals surface area contributed by atoms with Crippen LogP contribution in [0.2, 0.25) is 5.02 Å². The van der Waals surface area contributed by atoms with Crippen LogP contribution >= 0.6 is 11.6 Å². The molecule has 0 N–H and O–H groups in total. The lowest BCUT2D eigenvalue weighted by Crippen LogP contribution is -2.21. The molecule has 0 atom stereocenters. The number of benzene rings is 2. The monoisotopic (exact) mass is 386 g/mol. The number of carbonyl (C=O) groups excluding carboxylic acids is 2. The van der Waals surface area contributed by atoms with E-state index in [4.69, 9.17) is 11.6 Å². The van der Waals surface area contributed by atoms with E-state index in [0.717, 1.165) is 4.09 Å². The molecule has 0 bridgehead atoms. The Bertz CT molecular complexity index is 1210. The molecule has 1 heterocycles. The molecule has 2 aromatic carbocycles. The number of ketones is 2. The Morgan fingerprint density at radius 1 is 0.923 bits per heavy atom. The number of hydrogen-bond donors (Lipinski definition) is 0. The minimum absolute atomic E-state index is 0.00401. The average Bonchev–Trinajstić information content (AvgIpc) is 2.98. The third kappa shape index (κ3) is 2.17. The maximum absolute atomic E-state index is 13.0. The molecule has 0 unspecified atom stereocenters. The predicted molar refractivity (Wildman–Crippen MR) is 95.1 cm³/mol. The molecule has 1 aliphatic rings. The molecule has 0 amide bonds. The van der Waals surface area contributed by atoms with Gasteiger partial charge in [0.1, 0.15) is 10.6 Å². The first-order valence-electron chi connectivity index (χ1n) is 7.62. The van der Waals surface area contributed by atoms with Crippen molar-refractivity contribution in [1.29, 1.82) is 0 Å². The Morgan fingerprint density at radius 3 is 2.23 bits per heavy atom. The van der Waals surface area contributed by atoms with Crippen molar-refractivity contribution in [3.8, 4) is 11.3 Å². The van der Waals surface area contributed by atoms with Crippen molar-refractivity contribution in [2.24, 2.45) is 0 Å². The zero-order valence-corrected chi connectivity index (χ0v) is 15.0. The summed E-state index contributed by atoms with van der Waals surface area (Å²) in [5.41, 5.74) is 0.906. The van der Waals surface area contributed by atoms with Crippen LogP contribution in [0.4, 0.5) is 0 Å². The molecule has 0 saturated heterocycles. The average molecular weight is 387 g/mol. The fourth-order valence-corrected chi connectivity index (χ4v) is 4.87. The zero-order chi connectivity index (χ0) is 18.6. The number of hydrogen-bond acceptors (Lipinski definition) is 5. The number of aromatic nitrogens is 2. The second kappa shape index (κ2) is 5.62. The van der Waals surface area contributed by atoms with Crippen LogP contribution in [0.5, 0.6) is 0 Å². The van der Waals surface area contributed by atoms with Crippen molar-refractivity contribution < 1.29 is 18.0 Å². The topological polar surface area (TPSA) is 86.1 Å². The molecule has 4 rings (SSSR count). The van der Waals surface area contributed by atoms with Crippen molar-refractivity contribution in [3.63, 3.8) is 0 Å². The van der Waals surface area contributed by atoms with Crippen LogP contribution in [0, 0.1) is 6.92 Å². The first kappa shape index (κ1) is 16.7. The summed E-state index contributed by atoms with van der Waals surface area (Å²) in [6.45, 7) is 1.44. The largest absolute Gasteiger partial charge is 0.285 e. The SMILES string of the molecule is Cc1c2c(nn1S(=O)(=O)c1ccccc1Cl)-c1ccccc1C(=O)C2=O. The molecule has 0 spiro atoms. The van der Waals surface area contributed by atoms with Crippen molar-refractivity contribution >= 4 is 33.2 Å². The van der Waals surface area contributed by atoms with Crippen LogP contribution in [0.15, 0.2) is 53.4 Å². The third-order valence-electron chi connectivity index (χ3n) is 4.28. The molecule has 6 nitrogen and oxygen atoms in total. The lowest BCUT2D eigenvalue weighted by atomic mass is 9.87. The first-order chi connectivity index (χ1) is 12.3. The second-order valence-corrected chi connectivity index (χ2v) is 7.93. The van der Waals surface area contributed by atoms with Crippen molar-refractivity contribution in [2.75, 3.05) is 0 Å². The summed E-state index contributed by atoms with van der Waals surface area (Å²) in [6.07, 6.45) is 0. The van der Waals surface area contributed by atoms with Crippen molar-refractivity contribution in [2.45, 2.75) is 11.8 Å². The predicted octanol–water partition coefficient (Wildman–Crippen LogP) is 3.13. The van der Waals surface area contributed by atoms with E-state index >= 15 is 0 Å². The molecule has 0 aliphatic heterocycles. The number of rotatable bonds is 2. The second-order valence-electron chi connectivity index (χ2n) is 5.79. The van der Waals surface area contributed by atoms with Gasteiger partial charge in [0.15, 0.2) is 0 Å². The summed E-state index contributed by atoms with van der Waals surface area (Å²) < 4.78 is 26.8. The van der Waals surface area contributed by atoms with Gasteiger partial charge in [0.2, 0.25) is 11.6 Å². The van der Waals surface area contributed by atoms with Crippen LogP contribution < -0.4 is 0 Å². The van der Waals surface area contributed by atoms with Crippen LogP contribution in [0.25, 0.3) is 11.3 Å². The standard InChI is InChI=1S/C18H11ClN2O4S/c1-10-15-16(11-6-2-3-7-12(11)17(22)18(15)23)20-21(10)26(24,25)14-9-5-4-8-13(14)19/h2-9H,1H3. The van der Waals surface area contributed by atoms with Crippen molar-refractivity contribution in [3.05, 3.63) is 70.4 Å². The van der Waals surface area contributed by atoms with E-state index in [1.807, 2.05) is 0 Å². The number of halogens is 1. The highest BCUT2D eigenvalue weighted by Crippen LogP contribution is 2.35. The van der Waals surface area contributed by atoms with Crippen molar-refractivity contribution in [1.82, 2.24) is 9.19 Å². The number of nitrogens with zero attached hydrogens (tertiary/aromatic N) is 2. The summed E-state index contributed by atoms with van der Waals surface area (Å²) in [5, 5.41) is 4.21. The molecule has 1 aromatic heterocycles. The van der Waals surface area contributed by atoms with E-state index in [9.17, 15) is 18.0 Å². The fraction of sp³-hybridized carbons (Fsp3) is 0.0556. The molecule has 8 heteroatoms. The number of fused-ring (bicyclic) bond motifs is 3. The molecule has 26 heavy (non-hydrogen) atoms. The summed E-state index contributed by atoms with van der Waals surface area (Å²) in [6, 6.07) is 12.5. The minimum Gasteiger partial charge on any atom is -0.285 e. The van der Waals surface area contributed by atoms with Crippen LogP contribution in [0.1, 0.15) is 26.4 Å². The van der Waals surface area contributed by atoms with Gasteiger partial charge in [-0.25, -0.2) is 0 Å². The summed E-state index contributed by atoms with van der Waals surface area (Å²) in [4.78, 5) is 24.7. The van der Waals surface area contributed by atoms with Gasteiger partial charge >= 0.3 is 0 Å². The Kier molecular flexibility index (Phi) is 3.61. The highest BCUT2D eigenvalue weighted by molar-refractivity contribution is 7.90. The molecule has 130 valence electrons. The third-order valence-corrected chi connectivity index (χ3v) is 6.44. The summed E-state index contributed by atoms with van der Waals surface area (Å²) >= 11 is 6.03. The van der Waals surface area contributed by atoms with E-state index in [-0.39, 0.29) is 32.4 Å². The molecular formula is C18H11ClN2O4S. The maximum Gasteiger partial charge on any atom is 0.284 e. The van der Waals surface area contributed by atoms with Gasteiger partial charge in [-0.3, -0.25) is 9.59 Å². The Labute approximate surface area is 154 Å². The lowest BCUT2D eigenvalue weighted by Gasteiger charge is -2.12. The van der Waals surface area contributed by atoms with Gasteiger partial charge in [-0.05, 0) is 19.1 Å². The fourth-order valence-electron chi connectivity index (χ4n) is 3.05. The molecule has 0 radical (unpaired) electrons. The summed E-state index contributed by atoms with van der Waals surface area (Å²) in [7, 11) is -4.13. The Morgan fingerprint density at radius 2 is 1.54 bits per heavy atom.